The number of methoxy groups -OCH3 is 1. The Kier molecular flexibility index (Phi) is 4.10. The molecule has 118 valence electrons. The Morgan fingerprint density at radius 1 is 0.870 bits per heavy atom. The fourth-order valence-corrected chi connectivity index (χ4v) is 3.50. The van der Waals surface area contributed by atoms with Crippen molar-refractivity contribution in [2.24, 2.45) is 0 Å². The number of fused-ring (bicyclic) bond motifs is 1. The summed E-state index contributed by atoms with van der Waals surface area (Å²) in [6.45, 7) is 6.18. The second kappa shape index (κ2) is 6.05. The van der Waals surface area contributed by atoms with Crippen LogP contribution >= 0.6 is 0 Å². The fourth-order valence-electron chi connectivity index (χ4n) is 3.50. The van der Waals surface area contributed by atoms with E-state index in [9.17, 15) is 5.11 Å². The van der Waals surface area contributed by atoms with Crippen LogP contribution in [0.15, 0.2) is 48.5 Å². The molecule has 3 aromatic rings. The van der Waals surface area contributed by atoms with Gasteiger partial charge < -0.3 is 9.84 Å². The molecule has 0 radical (unpaired) electrons. The maximum absolute atomic E-state index is 11.2. The second-order valence-corrected chi connectivity index (χ2v) is 6.12. The Morgan fingerprint density at radius 2 is 1.52 bits per heavy atom. The molecule has 0 aromatic heterocycles. The normalized spacial score (nSPS) is 12.4. The summed E-state index contributed by atoms with van der Waals surface area (Å²) in [4.78, 5) is 0. The van der Waals surface area contributed by atoms with Crippen LogP contribution in [0.25, 0.3) is 10.8 Å². The quantitative estimate of drug-likeness (QED) is 0.749. The van der Waals surface area contributed by atoms with Gasteiger partial charge in [0.15, 0.2) is 0 Å². The topological polar surface area (TPSA) is 29.5 Å². The molecular weight excluding hydrogens is 284 g/mol. The number of aryl methyl sites for hydroxylation is 3. The molecule has 0 spiro atoms. The van der Waals surface area contributed by atoms with Crippen molar-refractivity contribution in [3.63, 3.8) is 0 Å². The van der Waals surface area contributed by atoms with Crippen LogP contribution in [-0.4, -0.2) is 12.2 Å². The summed E-state index contributed by atoms with van der Waals surface area (Å²) in [6, 6.07) is 16.3. The Morgan fingerprint density at radius 3 is 2.17 bits per heavy atom. The Bertz CT molecular complexity index is 842. The maximum Gasteiger partial charge on any atom is 0.125 e. The molecule has 0 fully saturated rings. The van der Waals surface area contributed by atoms with E-state index in [0.717, 1.165) is 38.8 Å². The molecule has 3 rings (SSSR count). The smallest absolute Gasteiger partial charge is 0.125 e. The molecule has 1 unspecified atom stereocenters. The lowest BCUT2D eigenvalue weighted by molar-refractivity contribution is 0.215. The predicted molar refractivity (Wildman–Crippen MR) is 95.2 cm³/mol. The van der Waals surface area contributed by atoms with Crippen LogP contribution in [0.1, 0.15) is 33.9 Å². The average molecular weight is 306 g/mol. The van der Waals surface area contributed by atoms with Crippen molar-refractivity contribution < 1.29 is 9.84 Å². The van der Waals surface area contributed by atoms with Crippen LogP contribution in [-0.2, 0) is 0 Å². The molecule has 0 aliphatic rings. The SMILES string of the molecule is COc1ccc2ccccc2c1C(O)c1c(C)cc(C)cc1C. The zero-order valence-electron chi connectivity index (χ0n) is 14.1. The van der Waals surface area contributed by atoms with E-state index in [2.05, 4.69) is 39.0 Å². The van der Waals surface area contributed by atoms with Crippen LogP contribution in [0.2, 0.25) is 0 Å². The van der Waals surface area contributed by atoms with E-state index >= 15 is 0 Å². The van der Waals surface area contributed by atoms with Crippen molar-refractivity contribution in [2.75, 3.05) is 7.11 Å². The largest absolute Gasteiger partial charge is 0.496 e. The van der Waals surface area contributed by atoms with Crippen LogP contribution in [0.4, 0.5) is 0 Å². The molecule has 0 saturated carbocycles. The summed E-state index contributed by atoms with van der Waals surface area (Å²) in [6.07, 6.45) is -0.711. The first-order valence-corrected chi connectivity index (χ1v) is 7.84. The second-order valence-electron chi connectivity index (χ2n) is 6.12. The zero-order valence-corrected chi connectivity index (χ0v) is 14.1. The van der Waals surface area contributed by atoms with Crippen molar-refractivity contribution in [1.29, 1.82) is 0 Å². The van der Waals surface area contributed by atoms with E-state index in [0.29, 0.717) is 0 Å². The molecule has 0 aliphatic heterocycles. The molecule has 2 nitrogen and oxygen atoms in total. The highest BCUT2D eigenvalue weighted by Crippen LogP contribution is 2.38. The van der Waals surface area contributed by atoms with Crippen molar-refractivity contribution in [3.05, 3.63) is 76.3 Å². The monoisotopic (exact) mass is 306 g/mol. The highest BCUT2D eigenvalue weighted by atomic mass is 16.5. The molecule has 0 bridgehead atoms. The van der Waals surface area contributed by atoms with Gasteiger partial charge >= 0.3 is 0 Å². The molecule has 1 N–H and O–H groups in total. The number of ether oxygens (including phenoxy) is 1. The summed E-state index contributed by atoms with van der Waals surface area (Å²) in [5.74, 6) is 0.718. The number of rotatable bonds is 3. The number of aliphatic hydroxyl groups excluding tert-OH is 1. The van der Waals surface area contributed by atoms with E-state index in [1.807, 2.05) is 30.3 Å². The van der Waals surface area contributed by atoms with E-state index < -0.39 is 6.10 Å². The minimum Gasteiger partial charge on any atom is -0.496 e. The van der Waals surface area contributed by atoms with E-state index in [1.165, 1.54) is 5.56 Å². The van der Waals surface area contributed by atoms with Gasteiger partial charge in [0.2, 0.25) is 0 Å². The number of hydrogen-bond acceptors (Lipinski definition) is 2. The molecule has 0 aliphatic carbocycles. The predicted octanol–water partition coefficient (Wildman–Crippen LogP) is 4.86. The third-order valence-corrected chi connectivity index (χ3v) is 4.44. The van der Waals surface area contributed by atoms with Crippen molar-refractivity contribution >= 4 is 10.8 Å². The van der Waals surface area contributed by atoms with Gasteiger partial charge in [0.1, 0.15) is 11.9 Å². The maximum atomic E-state index is 11.2. The molecule has 0 amide bonds. The highest BCUT2D eigenvalue weighted by Gasteiger charge is 2.22. The van der Waals surface area contributed by atoms with Crippen molar-refractivity contribution in [2.45, 2.75) is 26.9 Å². The standard InChI is InChI=1S/C21H22O2/c1-13-11-14(2)19(15(3)12-13)21(22)20-17-8-6-5-7-16(17)9-10-18(20)23-4/h5-12,21-22H,1-4H3. The summed E-state index contributed by atoms with van der Waals surface area (Å²) >= 11 is 0. The number of hydrogen-bond donors (Lipinski definition) is 1. The minimum absolute atomic E-state index is 0.711. The van der Waals surface area contributed by atoms with Gasteiger partial charge in [-0.3, -0.25) is 0 Å². The molecule has 3 aromatic carbocycles. The Balaban J connectivity index is 2.28. The van der Waals surface area contributed by atoms with Crippen LogP contribution in [0.5, 0.6) is 5.75 Å². The number of benzene rings is 3. The van der Waals surface area contributed by atoms with E-state index in [1.54, 1.807) is 7.11 Å². The van der Waals surface area contributed by atoms with Gasteiger partial charge in [0.25, 0.3) is 0 Å². The first-order chi connectivity index (χ1) is 11.0. The Hall–Kier alpha value is -2.32. The van der Waals surface area contributed by atoms with Crippen LogP contribution in [0.3, 0.4) is 0 Å². The van der Waals surface area contributed by atoms with Crippen molar-refractivity contribution in [3.8, 4) is 5.75 Å². The first kappa shape index (κ1) is 15.6. The lowest BCUT2D eigenvalue weighted by Crippen LogP contribution is -2.07. The van der Waals surface area contributed by atoms with Gasteiger partial charge in [0.05, 0.1) is 7.11 Å². The first-order valence-electron chi connectivity index (χ1n) is 7.84. The van der Waals surface area contributed by atoms with E-state index in [4.69, 9.17) is 4.74 Å². The van der Waals surface area contributed by atoms with Crippen LogP contribution < -0.4 is 4.74 Å². The zero-order chi connectivity index (χ0) is 16.6. The molecule has 23 heavy (non-hydrogen) atoms. The van der Waals surface area contributed by atoms with Gasteiger partial charge in [-0.2, -0.15) is 0 Å². The third kappa shape index (κ3) is 2.71. The summed E-state index contributed by atoms with van der Waals surface area (Å²) in [5.41, 5.74) is 5.21. The van der Waals surface area contributed by atoms with E-state index in [-0.39, 0.29) is 0 Å². The molecule has 0 heterocycles. The van der Waals surface area contributed by atoms with Crippen LogP contribution in [0, 0.1) is 20.8 Å². The lowest BCUT2D eigenvalue weighted by Gasteiger charge is -2.21. The highest BCUT2D eigenvalue weighted by molar-refractivity contribution is 5.88. The van der Waals surface area contributed by atoms with Gasteiger partial charge in [-0.15, -0.1) is 0 Å². The summed E-state index contributed by atoms with van der Waals surface area (Å²) in [7, 11) is 1.65. The summed E-state index contributed by atoms with van der Waals surface area (Å²) < 4.78 is 5.54. The Labute approximate surface area is 137 Å². The lowest BCUT2D eigenvalue weighted by atomic mass is 9.89. The third-order valence-electron chi connectivity index (χ3n) is 4.44. The van der Waals surface area contributed by atoms with Gasteiger partial charge in [-0.25, -0.2) is 0 Å². The van der Waals surface area contributed by atoms with Gasteiger partial charge in [0, 0.05) is 5.56 Å². The van der Waals surface area contributed by atoms with Gasteiger partial charge in [-0.1, -0.05) is 48.0 Å². The molecule has 2 heteroatoms. The van der Waals surface area contributed by atoms with Crippen molar-refractivity contribution in [1.82, 2.24) is 0 Å². The fraction of sp³-hybridized carbons (Fsp3) is 0.238. The molecule has 1 atom stereocenters. The summed E-state index contributed by atoms with van der Waals surface area (Å²) in [5, 5.41) is 13.3. The molecule has 0 saturated heterocycles. The number of aliphatic hydroxyl groups is 1. The minimum atomic E-state index is -0.711. The average Bonchev–Trinajstić information content (AvgIpc) is 2.52. The van der Waals surface area contributed by atoms with Gasteiger partial charge in [-0.05, 0) is 54.3 Å². The molecular formula is C21H22O2.